The van der Waals surface area contributed by atoms with Crippen LogP contribution in [0.5, 0.6) is 0 Å². The molecule has 14 heavy (non-hydrogen) atoms. The summed E-state index contributed by atoms with van der Waals surface area (Å²) < 4.78 is 0. The van der Waals surface area contributed by atoms with E-state index in [1.165, 1.54) is 5.56 Å². The molecule has 0 aliphatic rings. The summed E-state index contributed by atoms with van der Waals surface area (Å²) in [6.45, 7) is 2.08. The number of hydrogen-bond donors (Lipinski definition) is 0. The Morgan fingerprint density at radius 3 is 1.64 bits per heavy atom. The summed E-state index contributed by atoms with van der Waals surface area (Å²) in [4.78, 5) is 19.4. The molecule has 76 valence electrons. The molecule has 0 spiro atoms. The van der Waals surface area contributed by atoms with Crippen LogP contribution in [0, 0.1) is 6.92 Å². The Morgan fingerprint density at radius 1 is 1.07 bits per heavy atom. The molecule has 1 rings (SSSR count). The predicted molar refractivity (Wildman–Crippen MR) is 57.5 cm³/mol. The Hall–Kier alpha value is -0.860. The van der Waals surface area contributed by atoms with Crippen LogP contribution in [0.25, 0.3) is 0 Å². The lowest BCUT2D eigenvalue weighted by atomic mass is 10.2. The molecular weight excluding hydrogens is 223 g/mol. The lowest BCUT2D eigenvalue weighted by Gasteiger charge is -1.82. The molecule has 0 heterocycles. The van der Waals surface area contributed by atoms with Crippen LogP contribution < -0.4 is 0 Å². The van der Waals surface area contributed by atoms with Crippen LogP contribution in [-0.2, 0) is 9.59 Å². The number of halogens is 2. The van der Waals surface area contributed by atoms with Gasteiger partial charge in [0.25, 0.3) is 0 Å². The maximum Gasteiger partial charge on any atom is 0.230 e. The van der Waals surface area contributed by atoms with E-state index in [4.69, 9.17) is 23.2 Å². The first-order valence-corrected chi connectivity index (χ1v) is 4.66. The summed E-state index contributed by atoms with van der Waals surface area (Å²) in [6, 6.07) is 10.3. The third-order valence-electron chi connectivity index (χ3n) is 1.22. The highest BCUT2D eigenvalue weighted by atomic mass is 35.5. The van der Waals surface area contributed by atoms with Gasteiger partial charge in [-0.05, 0) is 30.1 Å². The second-order valence-electron chi connectivity index (χ2n) is 2.54. The first-order chi connectivity index (χ1) is 6.52. The van der Waals surface area contributed by atoms with Crippen molar-refractivity contribution in [2.45, 2.75) is 13.3 Å². The molecule has 0 N–H and O–H groups in total. The van der Waals surface area contributed by atoms with Gasteiger partial charge >= 0.3 is 0 Å². The minimum absolute atomic E-state index is 0.386. The smallest absolute Gasteiger partial charge is 0.230 e. The van der Waals surface area contributed by atoms with Crippen molar-refractivity contribution in [3.63, 3.8) is 0 Å². The van der Waals surface area contributed by atoms with Crippen LogP contribution in [0.15, 0.2) is 30.3 Å². The second-order valence-corrected chi connectivity index (χ2v) is 3.38. The number of benzene rings is 1. The molecule has 0 amide bonds. The predicted octanol–water partition coefficient (Wildman–Crippen LogP) is 2.90. The molecule has 1 aromatic rings. The van der Waals surface area contributed by atoms with Gasteiger partial charge in [-0.2, -0.15) is 0 Å². The van der Waals surface area contributed by atoms with Crippen molar-refractivity contribution in [2.75, 3.05) is 0 Å². The summed E-state index contributed by atoms with van der Waals surface area (Å²) in [7, 11) is 0. The first-order valence-electron chi connectivity index (χ1n) is 3.90. The first kappa shape index (κ1) is 13.1. The van der Waals surface area contributed by atoms with E-state index in [2.05, 4.69) is 19.1 Å². The fraction of sp³-hybridized carbons (Fsp3) is 0.200. The van der Waals surface area contributed by atoms with Crippen molar-refractivity contribution >= 4 is 33.7 Å². The Kier molecular flexibility index (Phi) is 7.07. The highest BCUT2D eigenvalue weighted by Crippen LogP contribution is 1.92. The van der Waals surface area contributed by atoms with Gasteiger partial charge in [0.15, 0.2) is 0 Å². The van der Waals surface area contributed by atoms with Gasteiger partial charge in [-0.15, -0.1) is 0 Å². The Morgan fingerprint density at radius 2 is 1.50 bits per heavy atom. The van der Waals surface area contributed by atoms with Crippen LogP contribution in [-0.4, -0.2) is 10.5 Å². The van der Waals surface area contributed by atoms with Crippen LogP contribution in [0.4, 0.5) is 0 Å². The average Bonchev–Trinajstić information content (AvgIpc) is 2.03. The zero-order chi connectivity index (χ0) is 11.0. The van der Waals surface area contributed by atoms with E-state index in [1.54, 1.807) is 0 Å². The largest absolute Gasteiger partial charge is 0.281 e. The Balaban J connectivity index is 0.000000241. The molecule has 1 aromatic carbocycles. The van der Waals surface area contributed by atoms with Gasteiger partial charge in [0.05, 0.1) is 6.42 Å². The molecule has 0 radical (unpaired) electrons. The summed E-state index contributed by atoms with van der Waals surface area (Å²) in [5, 5.41) is -1.44. The molecular formula is C10H10Cl2O2. The standard InChI is InChI=1S/C7H8.C3H2Cl2O2/c1-7-5-3-2-4-6-7;4-2(6)1-3(5)7/h2-6H,1H3;1H2. The van der Waals surface area contributed by atoms with E-state index >= 15 is 0 Å². The Labute approximate surface area is 92.8 Å². The van der Waals surface area contributed by atoms with Crippen molar-refractivity contribution in [1.29, 1.82) is 0 Å². The molecule has 2 nitrogen and oxygen atoms in total. The summed E-state index contributed by atoms with van der Waals surface area (Å²) >= 11 is 9.46. The van der Waals surface area contributed by atoms with E-state index in [9.17, 15) is 9.59 Å². The maximum atomic E-state index is 9.71. The normalized spacial score (nSPS) is 8.50. The summed E-state index contributed by atoms with van der Waals surface area (Å²) in [5.41, 5.74) is 1.32. The van der Waals surface area contributed by atoms with E-state index in [1.807, 2.05) is 18.2 Å². The molecule has 4 heteroatoms. The average molecular weight is 233 g/mol. The van der Waals surface area contributed by atoms with E-state index in [0.29, 0.717) is 0 Å². The summed E-state index contributed by atoms with van der Waals surface area (Å²) in [5.74, 6) is 0. The van der Waals surface area contributed by atoms with E-state index < -0.39 is 10.5 Å². The van der Waals surface area contributed by atoms with Crippen molar-refractivity contribution in [2.24, 2.45) is 0 Å². The number of hydrogen-bond acceptors (Lipinski definition) is 2. The molecule has 0 saturated heterocycles. The van der Waals surface area contributed by atoms with Crippen molar-refractivity contribution in [3.05, 3.63) is 35.9 Å². The zero-order valence-electron chi connectivity index (χ0n) is 7.67. The molecule has 0 unspecified atom stereocenters. The number of carbonyl (C=O) groups excluding carboxylic acids is 2. The van der Waals surface area contributed by atoms with Crippen LogP contribution in [0.3, 0.4) is 0 Å². The monoisotopic (exact) mass is 232 g/mol. The van der Waals surface area contributed by atoms with Gasteiger partial charge in [0.2, 0.25) is 10.5 Å². The fourth-order valence-electron chi connectivity index (χ4n) is 0.644. The SMILES string of the molecule is Cc1ccccc1.O=C(Cl)CC(=O)Cl. The minimum Gasteiger partial charge on any atom is -0.281 e. The molecule has 0 bridgehead atoms. The van der Waals surface area contributed by atoms with E-state index in [0.717, 1.165) is 0 Å². The van der Waals surface area contributed by atoms with Gasteiger partial charge in [-0.25, -0.2) is 0 Å². The third-order valence-corrected chi connectivity index (χ3v) is 1.49. The lowest BCUT2D eigenvalue weighted by Crippen LogP contribution is -1.92. The van der Waals surface area contributed by atoms with Gasteiger partial charge in [-0.1, -0.05) is 35.9 Å². The van der Waals surface area contributed by atoms with Crippen molar-refractivity contribution in [3.8, 4) is 0 Å². The molecule has 0 fully saturated rings. The maximum absolute atomic E-state index is 9.71. The van der Waals surface area contributed by atoms with Gasteiger partial charge in [0, 0.05) is 0 Å². The van der Waals surface area contributed by atoms with Crippen molar-refractivity contribution in [1.82, 2.24) is 0 Å². The second kappa shape index (κ2) is 7.54. The Bertz CT molecular complexity index is 284. The number of rotatable bonds is 2. The van der Waals surface area contributed by atoms with Crippen LogP contribution in [0.1, 0.15) is 12.0 Å². The number of carbonyl (C=O) groups is 2. The van der Waals surface area contributed by atoms with Gasteiger partial charge < -0.3 is 0 Å². The van der Waals surface area contributed by atoms with Crippen LogP contribution >= 0.6 is 23.2 Å². The van der Waals surface area contributed by atoms with Gasteiger partial charge in [-0.3, -0.25) is 9.59 Å². The van der Waals surface area contributed by atoms with E-state index in [-0.39, 0.29) is 6.42 Å². The molecule has 0 aliphatic carbocycles. The molecule has 0 atom stereocenters. The molecule has 0 aliphatic heterocycles. The summed E-state index contributed by atoms with van der Waals surface area (Å²) in [6.07, 6.45) is -0.386. The molecule has 0 saturated carbocycles. The minimum atomic E-state index is -0.722. The van der Waals surface area contributed by atoms with Crippen LogP contribution in [0.2, 0.25) is 0 Å². The zero-order valence-corrected chi connectivity index (χ0v) is 9.18. The molecule has 0 aromatic heterocycles. The van der Waals surface area contributed by atoms with Crippen molar-refractivity contribution < 1.29 is 9.59 Å². The van der Waals surface area contributed by atoms with Gasteiger partial charge in [0.1, 0.15) is 0 Å². The topological polar surface area (TPSA) is 34.1 Å². The highest BCUT2D eigenvalue weighted by Gasteiger charge is 2.00. The number of aryl methyl sites for hydroxylation is 1. The lowest BCUT2D eigenvalue weighted by molar-refractivity contribution is -0.118. The highest BCUT2D eigenvalue weighted by molar-refractivity contribution is 6.72. The third kappa shape index (κ3) is 9.23. The fourth-order valence-corrected chi connectivity index (χ4v) is 0.955. The quantitative estimate of drug-likeness (QED) is 0.581.